The van der Waals surface area contributed by atoms with Crippen LogP contribution in [0.2, 0.25) is 0 Å². The van der Waals surface area contributed by atoms with Crippen molar-refractivity contribution in [1.82, 2.24) is 10.3 Å². The molecular weight excluding hydrogens is 359 g/mol. The van der Waals surface area contributed by atoms with Gasteiger partial charge in [0.2, 0.25) is 5.91 Å². The largest absolute Gasteiger partial charge is 0.348 e. The zero-order valence-electron chi connectivity index (χ0n) is 15.2. The third-order valence-corrected chi connectivity index (χ3v) is 3.87. The molecule has 0 unspecified atom stereocenters. The van der Waals surface area contributed by atoms with Crippen LogP contribution in [-0.2, 0) is 11.3 Å². The fourth-order valence-electron chi connectivity index (χ4n) is 2.51. The van der Waals surface area contributed by atoms with Crippen LogP contribution < -0.4 is 16.0 Å². The van der Waals surface area contributed by atoms with Crippen LogP contribution in [0.4, 0.5) is 21.6 Å². The monoisotopic (exact) mass is 378 g/mol. The smallest absolute Gasteiger partial charge is 0.251 e. The summed E-state index contributed by atoms with van der Waals surface area (Å²) in [5, 5.41) is 8.60. The average molecular weight is 378 g/mol. The molecule has 7 heteroatoms. The van der Waals surface area contributed by atoms with Crippen LogP contribution in [0.15, 0.2) is 66.9 Å². The zero-order chi connectivity index (χ0) is 19.9. The lowest BCUT2D eigenvalue weighted by atomic mass is 10.2. The first kappa shape index (κ1) is 19.0. The molecule has 6 nitrogen and oxygen atoms in total. The predicted molar refractivity (Wildman–Crippen MR) is 106 cm³/mol. The van der Waals surface area contributed by atoms with Crippen LogP contribution in [0.5, 0.6) is 0 Å². The number of hydrogen-bond acceptors (Lipinski definition) is 4. The van der Waals surface area contributed by atoms with E-state index < -0.39 is 0 Å². The highest BCUT2D eigenvalue weighted by atomic mass is 19.1. The van der Waals surface area contributed by atoms with Crippen molar-refractivity contribution in [3.05, 3.63) is 83.8 Å². The van der Waals surface area contributed by atoms with Gasteiger partial charge >= 0.3 is 0 Å². The summed E-state index contributed by atoms with van der Waals surface area (Å²) in [6.45, 7) is 1.75. The van der Waals surface area contributed by atoms with Gasteiger partial charge < -0.3 is 16.0 Å². The molecule has 0 aliphatic heterocycles. The van der Waals surface area contributed by atoms with Crippen LogP contribution in [-0.4, -0.2) is 16.8 Å². The Kier molecular flexibility index (Phi) is 5.96. The van der Waals surface area contributed by atoms with Crippen molar-refractivity contribution in [1.29, 1.82) is 0 Å². The van der Waals surface area contributed by atoms with Crippen molar-refractivity contribution < 1.29 is 14.0 Å². The molecule has 0 spiro atoms. The van der Waals surface area contributed by atoms with E-state index in [0.29, 0.717) is 23.6 Å². The minimum atomic E-state index is -0.315. The molecular formula is C21H19FN4O2. The Balaban J connectivity index is 1.62. The number of carbonyl (C=O) groups is 2. The number of rotatable bonds is 6. The fraction of sp³-hybridized carbons (Fsp3) is 0.0952. The quantitative estimate of drug-likeness (QED) is 0.608. The van der Waals surface area contributed by atoms with Gasteiger partial charge in [-0.2, -0.15) is 0 Å². The summed E-state index contributed by atoms with van der Waals surface area (Å²) in [7, 11) is 0. The van der Waals surface area contributed by atoms with Crippen molar-refractivity contribution in [2.24, 2.45) is 0 Å². The molecule has 2 aromatic carbocycles. The lowest BCUT2D eigenvalue weighted by Crippen LogP contribution is -2.22. The summed E-state index contributed by atoms with van der Waals surface area (Å²) in [5.41, 5.74) is 2.72. The topological polar surface area (TPSA) is 83.1 Å². The Morgan fingerprint density at radius 1 is 0.964 bits per heavy atom. The van der Waals surface area contributed by atoms with Gasteiger partial charge in [-0.3, -0.25) is 9.59 Å². The molecule has 0 aliphatic carbocycles. The van der Waals surface area contributed by atoms with Gasteiger partial charge in [-0.25, -0.2) is 9.37 Å². The van der Waals surface area contributed by atoms with E-state index in [4.69, 9.17) is 0 Å². The van der Waals surface area contributed by atoms with Gasteiger partial charge in [0, 0.05) is 36.6 Å². The Hall–Kier alpha value is -3.74. The normalized spacial score (nSPS) is 10.2. The summed E-state index contributed by atoms with van der Waals surface area (Å²) in [4.78, 5) is 27.6. The van der Waals surface area contributed by atoms with Crippen molar-refractivity contribution in [3.63, 3.8) is 0 Å². The molecule has 0 fully saturated rings. The molecule has 0 atom stereocenters. The van der Waals surface area contributed by atoms with Crippen molar-refractivity contribution in [3.8, 4) is 0 Å². The predicted octanol–water partition coefficient (Wildman–Crippen LogP) is 3.85. The molecule has 3 N–H and O–H groups in total. The summed E-state index contributed by atoms with van der Waals surface area (Å²) in [5.74, 6) is -0.191. The third-order valence-electron chi connectivity index (χ3n) is 3.87. The molecule has 0 saturated carbocycles. The highest BCUT2D eigenvalue weighted by Gasteiger charge is 2.07. The Labute approximate surface area is 161 Å². The van der Waals surface area contributed by atoms with E-state index in [2.05, 4.69) is 20.9 Å². The van der Waals surface area contributed by atoms with Crippen LogP contribution in [0.3, 0.4) is 0 Å². The second kappa shape index (κ2) is 8.77. The van der Waals surface area contributed by atoms with Gasteiger partial charge in [0.05, 0.1) is 0 Å². The molecule has 142 valence electrons. The molecule has 3 rings (SSSR count). The van der Waals surface area contributed by atoms with E-state index >= 15 is 0 Å². The standard InChI is InChI=1S/C21H19FN4O2/c1-14(27)25-18-6-8-19(9-7-18)26-20-12-16(10-11-23-20)21(28)24-13-15-2-4-17(22)5-3-15/h2-12H,13H2,1H3,(H,23,26)(H,24,28)(H,25,27). The number of benzene rings is 2. The second-order valence-corrected chi connectivity index (χ2v) is 6.12. The highest BCUT2D eigenvalue weighted by Crippen LogP contribution is 2.18. The SMILES string of the molecule is CC(=O)Nc1ccc(Nc2cc(C(=O)NCc3ccc(F)cc3)ccn2)cc1. The number of amides is 2. The molecule has 0 radical (unpaired) electrons. The lowest BCUT2D eigenvalue weighted by molar-refractivity contribution is -0.114. The van der Waals surface area contributed by atoms with Gasteiger partial charge in [0.15, 0.2) is 0 Å². The number of halogens is 1. The highest BCUT2D eigenvalue weighted by molar-refractivity contribution is 5.95. The van der Waals surface area contributed by atoms with Crippen molar-refractivity contribution >= 4 is 29.0 Å². The molecule has 28 heavy (non-hydrogen) atoms. The Bertz CT molecular complexity index is 972. The van der Waals surface area contributed by atoms with Crippen LogP contribution in [0, 0.1) is 5.82 Å². The molecule has 0 aliphatic rings. The number of nitrogens with one attached hydrogen (secondary N) is 3. The molecule has 0 saturated heterocycles. The van der Waals surface area contributed by atoms with Gasteiger partial charge in [-0.1, -0.05) is 12.1 Å². The third kappa shape index (κ3) is 5.38. The number of anilines is 3. The first-order valence-electron chi connectivity index (χ1n) is 8.63. The molecule has 3 aromatic rings. The molecule has 1 aromatic heterocycles. The number of carbonyl (C=O) groups excluding carboxylic acids is 2. The van der Waals surface area contributed by atoms with Crippen molar-refractivity contribution in [2.75, 3.05) is 10.6 Å². The Morgan fingerprint density at radius 3 is 2.32 bits per heavy atom. The van der Waals surface area contributed by atoms with E-state index in [1.165, 1.54) is 19.1 Å². The first-order valence-corrected chi connectivity index (χ1v) is 8.63. The van der Waals surface area contributed by atoms with E-state index in [1.54, 1.807) is 54.7 Å². The maximum absolute atomic E-state index is 12.9. The fourth-order valence-corrected chi connectivity index (χ4v) is 2.51. The maximum Gasteiger partial charge on any atom is 0.251 e. The van der Waals surface area contributed by atoms with Crippen LogP contribution in [0.1, 0.15) is 22.8 Å². The first-order chi connectivity index (χ1) is 13.5. The number of hydrogen-bond donors (Lipinski definition) is 3. The van der Waals surface area contributed by atoms with Crippen molar-refractivity contribution in [2.45, 2.75) is 13.5 Å². The molecule has 1 heterocycles. The van der Waals surface area contributed by atoms with Gasteiger partial charge in [0.25, 0.3) is 5.91 Å². The summed E-state index contributed by atoms with van der Waals surface area (Å²) >= 11 is 0. The van der Waals surface area contributed by atoms with E-state index in [-0.39, 0.29) is 17.6 Å². The van der Waals surface area contributed by atoms with Crippen LogP contribution in [0.25, 0.3) is 0 Å². The molecule has 0 bridgehead atoms. The summed E-state index contributed by atoms with van der Waals surface area (Å²) < 4.78 is 12.9. The summed E-state index contributed by atoms with van der Waals surface area (Å²) in [6, 6.07) is 16.3. The average Bonchev–Trinajstić information content (AvgIpc) is 2.69. The van der Waals surface area contributed by atoms with E-state index in [1.807, 2.05) is 0 Å². The van der Waals surface area contributed by atoms with E-state index in [0.717, 1.165) is 11.3 Å². The minimum Gasteiger partial charge on any atom is -0.348 e. The second-order valence-electron chi connectivity index (χ2n) is 6.12. The van der Waals surface area contributed by atoms with E-state index in [9.17, 15) is 14.0 Å². The number of nitrogens with zero attached hydrogens (tertiary/aromatic N) is 1. The molecule has 2 amide bonds. The minimum absolute atomic E-state index is 0.137. The number of pyridine rings is 1. The van der Waals surface area contributed by atoms with Gasteiger partial charge in [0.1, 0.15) is 11.6 Å². The Morgan fingerprint density at radius 2 is 1.64 bits per heavy atom. The number of aromatic nitrogens is 1. The lowest BCUT2D eigenvalue weighted by Gasteiger charge is -2.09. The van der Waals surface area contributed by atoms with Crippen LogP contribution >= 0.6 is 0 Å². The zero-order valence-corrected chi connectivity index (χ0v) is 15.2. The maximum atomic E-state index is 12.9. The van der Waals surface area contributed by atoms with Gasteiger partial charge in [-0.15, -0.1) is 0 Å². The summed E-state index contributed by atoms with van der Waals surface area (Å²) in [6.07, 6.45) is 1.54. The van der Waals surface area contributed by atoms with Gasteiger partial charge in [-0.05, 0) is 54.1 Å².